The van der Waals surface area contributed by atoms with Crippen molar-refractivity contribution in [3.05, 3.63) is 77.3 Å². The molecule has 0 saturated carbocycles. The zero-order valence-electron chi connectivity index (χ0n) is 23.9. The number of hydrogen-bond acceptors (Lipinski definition) is 6. The molecular weight excluding hydrogens is 544 g/mol. The minimum Gasteiger partial charge on any atom is -0.466 e. The predicted octanol–water partition coefficient (Wildman–Crippen LogP) is 4.47. The van der Waals surface area contributed by atoms with E-state index < -0.39 is 59.5 Å². The number of carbonyl (C=O) groups excluding carboxylic acids is 3. The van der Waals surface area contributed by atoms with Crippen LogP contribution in [0.3, 0.4) is 0 Å². The molecule has 3 aliphatic rings. The molecule has 0 aliphatic carbocycles. The first-order valence-corrected chi connectivity index (χ1v) is 14.5. The molecule has 2 aromatic rings. The van der Waals surface area contributed by atoms with Crippen LogP contribution in [0.1, 0.15) is 44.4 Å². The van der Waals surface area contributed by atoms with Gasteiger partial charge in [0.05, 0.1) is 41.5 Å². The number of amides is 2. The molecule has 3 saturated heterocycles. The van der Waals surface area contributed by atoms with E-state index >= 15 is 0 Å². The van der Waals surface area contributed by atoms with Gasteiger partial charge in [0.1, 0.15) is 17.6 Å². The lowest BCUT2D eigenvalue weighted by atomic mass is 9.62. The molecule has 41 heavy (non-hydrogen) atoms. The summed E-state index contributed by atoms with van der Waals surface area (Å²) < 4.78 is 12.3. The molecule has 3 fully saturated rings. The van der Waals surface area contributed by atoms with Crippen LogP contribution in [0.15, 0.2) is 61.2 Å². The predicted molar refractivity (Wildman–Crippen MR) is 155 cm³/mol. The summed E-state index contributed by atoms with van der Waals surface area (Å²) in [5.41, 5.74) is -0.344. The van der Waals surface area contributed by atoms with Crippen molar-refractivity contribution in [2.45, 2.75) is 57.4 Å². The van der Waals surface area contributed by atoms with Crippen molar-refractivity contribution < 1.29 is 29.0 Å². The third-order valence-electron chi connectivity index (χ3n) is 9.26. The Labute approximate surface area is 245 Å². The highest BCUT2D eigenvalue weighted by Crippen LogP contribution is 2.66. The smallest absolute Gasteiger partial charge is 0.312 e. The maximum absolute atomic E-state index is 14.9. The van der Waals surface area contributed by atoms with Crippen LogP contribution in [-0.4, -0.2) is 64.8 Å². The van der Waals surface area contributed by atoms with E-state index in [1.54, 1.807) is 19.1 Å². The maximum atomic E-state index is 14.9. The zero-order chi connectivity index (χ0) is 29.7. The Kier molecular flexibility index (Phi) is 7.78. The van der Waals surface area contributed by atoms with Crippen LogP contribution < -0.4 is 4.90 Å². The molecule has 7 atom stereocenters. The van der Waals surface area contributed by atoms with E-state index in [1.807, 2.05) is 63.2 Å². The number of esters is 1. The second-order valence-electron chi connectivity index (χ2n) is 11.5. The molecule has 3 aliphatic heterocycles. The summed E-state index contributed by atoms with van der Waals surface area (Å²) in [5, 5.41) is 11.1. The largest absolute Gasteiger partial charge is 0.466 e. The molecule has 8 nitrogen and oxygen atoms in total. The number of benzene rings is 2. The first kappa shape index (κ1) is 29.3. The summed E-state index contributed by atoms with van der Waals surface area (Å²) in [6.07, 6.45) is 2.00. The van der Waals surface area contributed by atoms with Crippen LogP contribution in [-0.2, 0) is 23.9 Å². The van der Waals surface area contributed by atoms with E-state index in [4.69, 9.17) is 21.1 Å². The van der Waals surface area contributed by atoms with Crippen LogP contribution in [0, 0.1) is 24.7 Å². The Balaban J connectivity index is 1.72. The summed E-state index contributed by atoms with van der Waals surface area (Å²) >= 11 is 6.65. The van der Waals surface area contributed by atoms with Gasteiger partial charge < -0.3 is 24.4 Å². The Morgan fingerprint density at radius 2 is 1.98 bits per heavy atom. The molecule has 2 amide bonds. The Hall–Kier alpha value is -3.20. The quantitative estimate of drug-likeness (QED) is 0.347. The number of likely N-dealkylation sites (tertiary alicyclic amines) is 1. The third-order valence-corrected chi connectivity index (χ3v) is 9.56. The van der Waals surface area contributed by atoms with Gasteiger partial charge >= 0.3 is 5.97 Å². The number of aliphatic hydroxyl groups excluding tert-OH is 1. The molecule has 1 N–H and O–H groups in total. The van der Waals surface area contributed by atoms with Crippen LogP contribution in [0.5, 0.6) is 0 Å². The lowest BCUT2D eigenvalue weighted by Gasteiger charge is -2.40. The number of aliphatic hydroxyl groups is 1. The Morgan fingerprint density at radius 3 is 2.59 bits per heavy atom. The molecule has 3 unspecified atom stereocenters. The number of nitrogens with zero attached hydrogens (tertiary/aromatic N) is 2. The monoisotopic (exact) mass is 580 g/mol. The molecule has 2 aromatic carbocycles. The first-order chi connectivity index (χ1) is 19.6. The van der Waals surface area contributed by atoms with Crippen molar-refractivity contribution in [3.8, 4) is 0 Å². The number of ether oxygens (including phenoxy) is 2. The molecule has 0 radical (unpaired) electrons. The lowest BCUT2D eigenvalue weighted by molar-refractivity contribution is -0.162. The SMILES string of the molecule is C=CCN(C(=O)C1N([C@H](CO)c2ccccc2)C(=O)[C@@H]2[C@@H](C(=O)OCC)[C@]3(C)OC12CC3C)c1c(C)cccc1Cl. The van der Waals surface area contributed by atoms with E-state index in [2.05, 4.69) is 6.58 Å². The fourth-order valence-electron chi connectivity index (χ4n) is 7.44. The molecule has 1 spiro atoms. The molecule has 3 heterocycles. The highest BCUT2D eigenvalue weighted by molar-refractivity contribution is 6.34. The summed E-state index contributed by atoms with van der Waals surface area (Å²) in [7, 11) is 0. The van der Waals surface area contributed by atoms with E-state index in [9.17, 15) is 19.5 Å². The second-order valence-corrected chi connectivity index (χ2v) is 11.9. The number of halogens is 1. The maximum Gasteiger partial charge on any atom is 0.312 e. The van der Waals surface area contributed by atoms with Crippen molar-refractivity contribution in [2.24, 2.45) is 17.8 Å². The molecular formula is C32H37ClN2O6. The van der Waals surface area contributed by atoms with Crippen molar-refractivity contribution in [1.82, 2.24) is 4.90 Å². The summed E-state index contributed by atoms with van der Waals surface area (Å²) in [5.74, 6) is -3.33. The van der Waals surface area contributed by atoms with Gasteiger partial charge in [0.2, 0.25) is 5.91 Å². The molecule has 5 rings (SSSR count). The van der Waals surface area contributed by atoms with Crippen molar-refractivity contribution in [1.29, 1.82) is 0 Å². The van der Waals surface area contributed by atoms with Gasteiger partial charge in [0, 0.05) is 6.54 Å². The van der Waals surface area contributed by atoms with Crippen LogP contribution in [0.4, 0.5) is 5.69 Å². The van der Waals surface area contributed by atoms with Crippen LogP contribution >= 0.6 is 11.6 Å². The van der Waals surface area contributed by atoms with Gasteiger partial charge in [-0.05, 0) is 50.3 Å². The highest BCUT2D eigenvalue weighted by atomic mass is 35.5. The zero-order valence-corrected chi connectivity index (χ0v) is 24.6. The van der Waals surface area contributed by atoms with Gasteiger partial charge in [-0.15, -0.1) is 6.58 Å². The van der Waals surface area contributed by atoms with Gasteiger partial charge in [-0.3, -0.25) is 14.4 Å². The molecule has 0 aromatic heterocycles. The number of aryl methyl sites for hydroxylation is 1. The number of hydrogen-bond donors (Lipinski definition) is 1. The Bertz CT molecular complexity index is 1350. The number of carbonyl (C=O) groups is 3. The Morgan fingerprint density at radius 1 is 1.27 bits per heavy atom. The summed E-state index contributed by atoms with van der Waals surface area (Å²) in [6.45, 7) is 11.1. The van der Waals surface area contributed by atoms with E-state index in [0.29, 0.717) is 22.7 Å². The minimum absolute atomic E-state index is 0.131. The third kappa shape index (κ3) is 4.30. The molecule has 218 valence electrons. The van der Waals surface area contributed by atoms with E-state index in [1.165, 1.54) is 9.80 Å². The van der Waals surface area contributed by atoms with E-state index in [-0.39, 0.29) is 19.1 Å². The summed E-state index contributed by atoms with van der Waals surface area (Å²) in [6, 6.07) is 12.5. The summed E-state index contributed by atoms with van der Waals surface area (Å²) in [4.78, 5) is 46.0. The average molecular weight is 581 g/mol. The second kappa shape index (κ2) is 10.9. The van der Waals surface area contributed by atoms with Gasteiger partial charge in [0.15, 0.2) is 0 Å². The van der Waals surface area contributed by atoms with Crippen molar-refractivity contribution in [3.63, 3.8) is 0 Å². The van der Waals surface area contributed by atoms with Crippen LogP contribution in [0.2, 0.25) is 5.02 Å². The molecule has 2 bridgehead atoms. The first-order valence-electron chi connectivity index (χ1n) is 14.1. The van der Waals surface area contributed by atoms with Gasteiger partial charge in [-0.25, -0.2) is 0 Å². The van der Waals surface area contributed by atoms with E-state index in [0.717, 1.165) is 5.56 Å². The van der Waals surface area contributed by atoms with Crippen molar-refractivity contribution >= 4 is 35.1 Å². The number of anilines is 1. The molecule has 9 heteroatoms. The van der Waals surface area contributed by atoms with Gasteiger partial charge in [0.25, 0.3) is 5.91 Å². The van der Waals surface area contributed by atoms with Gasteiger partial charge in [-0.2, -0.15) is 0 Å². The lowest BCUT2D eigenvalue weighted by Crippen LogP contribution is -2.57. The topological polar surface area (TPSA) is 96.4 Å². The number of fused-ring (bicyclic) bond motifs is 1. The van der Waals surface area contributed by atoms with Gasteiger partial charge in [-0.1, -0.05) is 67.1 Å². The van der Waals surface area contributed by atoms with Crippen molar-refractivity contribution in [2.75, 3.05) is 24.7 Å². The fourth-order valence-corrected chi connectivity index (χ4v) is 7.77. The average Bonchev–Trinajstić information content (AvgIpc) is 3.46. The van der Waals surface area contributed by atoms with Crippen LogP contribution in [0.25, 0.3) is 0 Å². The fraction of sp³-hybridized carbons (Fsp3) is 0.469. The number of rotatable bonds is 9. The standard InChI is InChI=1S/C32H37ClN2O6/c1-6-16-34(26-19(3)12-11-15-22(26)33)29(38)27-32-17-20(4)31(5,41-32)25(30(39)40-7-2)24(32)28(37)35(27)23(18-36)21-13-9-8-10-14-21/h6,8-15,20,23-25,27,36H,1,7,16-18H2,2-5H3/t20?,23-,24+,25+,27?,31-,32?/m1/s1. The number of para-hydroxylation sites is 1. The minimum atomic E-state index is -1.31. The highest BCUT2D eigenvalue weighted by Gasteiger charge is 2.81. The normalized spacial score (nSPS) is 30.7.